The molecule has 0 aliphatic heterocycles. The highest BCUT2D eigenvalue weighted by atomic mass is 32.2. The lowest BCUT2D eigenvalue weighted by Gasteiger charge is -2.12. The Morgan fingerprint density at radius 1 is 1.29 bits per heavy atom. The summed E-state index contributed by atoms with van der Waals surface area (Å²) in [5, 5.41) is 0. The van der Waals surface area contributed by atoms with Crippen molar-refractivity contribution in [3.8, 4) is 0 Å². The van der Waals surface area contributed by atoms with Crippen LogP contribution in [0.4, 0.5) is 0 Å². The monoisotopic (exact) mass is 269 g/mol. The third-order valence-corrected chi connectivity index (χ3v) is 2.09. The molecule has 0 fully saturated rings. The smallest absolute Gasteiger partial charge is 0.336 e. The summed E-state index contributed by atoms with van der Waals surface area (Å²) in [7, 11) is -4.43. The van der Waals surface area contributed by atoms with Crippen molar-refractivity contribution >= 4 is 22.2 Å². The Bertz CT molecular complexity index is 364. The van der Waals surface area contributed by atoms with Crippen LogP contribution in [0.15, 0.2) is 0 Å². The minimum atomic E-state index is -4.43. The van der Waals surface area contributed by atoms with Gasteiger partial charge in [0, 0.05) is 0 Å². The molecule has 0 saturated heterocycles. The van der Waals surface area contributed by atoms with Crippen molar-refractivity contribution in [2.45, 2.75) is 32.9 Å². The second kappa shape index (κ2) is 7.20. The van der Waals surface area contributed by atoms with Gasteiger partial charge >= 0.3 is 22.2 Å². The van der Waals surface area contributed by atoms with Crippen molar-refractivity contribution in [1.82, 2.24) is 4.72 Å². The van der Waals surface area contributed by atoms with Crippen LogP contribution < -0.4 is 4.72 Å². The fourth-order valence-corrected chi connectivity index (χ4v) is 1.39. The lowest BCUT2D eigenvalue weighted by Crippen LogP contribution is -2.35. The van der Waals surface area contributed by atoms with Gasteiger partial charge in [-0.3, -0.25) is 14.1 Å². The molecule has 17 heavy (non-hydrogen) atoms. The second-order valence-electron chi connectivity index (χ2n) is 3.03. The average Bonchev–Trinajstić information content (AvgIpc) is 2.12. The molecule has 2 N–H and O–H groups in total. The van der Waals surface area contributed by atoms with Gasteiger partial charge in [-0.05, 0) is 13.8 Å². The zero-order chi connectivity index (χ0) is 13.5. The van der Waals surface area contributed by atoms with Crippen LogP contribution in [0.1, 0.15) is 26.7 Å². The Kier molecular flexibility index (Phi) is 6.69. The van der Waals surface area contributed by atoms with Gasteiger partial charge in [-0.2, -0.15) is 13.1 Å². The Labute approximate surface area is 99.2 Å². The van der Waals surface area contributed by atoms with Gasteiger partial charge in [-0.1, -0.05) is 0 Å². The molecule has 0 aromatic carbocycles. The molecular formula is C8H15NO7S. The quantitative estimate of drug-likeness (QED) is 0.367. The molecule has 1 atom stereocenters. The van der Waals surface area contributed by atoms with Crippen molar-refractivity contribution in [2.75, 3.05) is 6.61 Å². The molecule has 0 saturated carbocycles. The van der Waals surface area contributed by atoms with Crippen LogP contribution in [0, 0.1) is 0 Å². The van der Waals surface area contributed by atoms with Crippen LogP contribution in [0.5, 0.6) is 0 Å². The lowest BCUT2D eigenvalue weighted by molar-refractivity contribution is -0.153. The van der Waals surface area contributed by atoms with Gasteiger partial charge in [-0.25, -0.2) is 0 Å². The summed E-state index contributed by atoms with van der Waals surface area (Å²) in [5.74, 6) is -1.32. The molecule has 0 radical (unpaired) electrons. The first-order chi connectivity index (χ1) is 7.74. The first-order valence-corrected chi connectivity index (χ1v) is 6.28. The van der Waals surface area contributed by atoms with Crippen molar-refractivity contribution in [3.63, 3.8) is 0 Å². The van der Waals surface area contributed by atoms with Crippen LogP contribution in [0.2, 0.25) is 0 Å². The molecule has 0 heterocycles. The van der Waals surface area contributed by atoms with Crippen molar-refractivity contribution < 1.29 is 32.0 Å². The second-order valence-corrected chi connectivity index (χ2v) is 4.22. The number of hydrogen-bond acceptors (Lipinski definition) is 6. The van der Waals surface area contributed by atoms with Crippen molar-refractivity contribution in [1.29, 1.82) is 0 Å². The minimum absolute atomic E-state index is 0.148. The number of carbonyl (C=O) groups is 2. The maximum Gasteiger partial charge on any atom is 0.336 e. The number of nitrogens with one attached hydrogen (secondary N) is 1. The fraction of sp³-hybridized carbons (Fsp3) is 0.750. The largest absolute Gasteiger partial charge is 0.466 e. The molecule has 0 spiro atoms. The summed E-state index contributed by atoms with van der Waals surface area (Å²) in [6.07, 6.45) is -1.58. The molecule has 0 rings (SSSR count). The summed E-state index contributed by atoms with van der Waals surface area (Å²) < 4.78 is 39.9. The van der Waals surface area contributed by atoms with Crippen LogP contribution in [-0.4, -0.2) is 37.7 Å². The van der Waals surface area contributed by atoms with E-state index in [0.717, 1.165) is 0 Å². The standard InChI is InChI=1S/C8H15NO7S/c1-3-15-7(10)4-5-8(11)16-6(2)9-17(12,13)14/h6,9H,3-5H2,1-2H3,(H,12,13,14). The van der Waals surface area contributed by atoms with Gasteiger partial charge in [-0.15, -0.1) is 0 Å². The van der Waals surface area contributed by atoms with Crippen molar-refractivity contribution in [3.05, 3.63) is 0 Å². The predicted molar refractivity (Wildman–Crippen MR) is 56.1 cm³/mol. The van der Waals surface area contributed by atoms with E-state index in [1.165, 1.54) is 6.92 Å². The molecule has 0 aliphatic carbocycles. The molecule has 0 aromatic heterocycles. The third kappa shape index (κ3) is 9.72. The van der Waals surface area contributed by atoms with Gasteiger partial charge in [0.25, 0.3) is 0 Å². The van der Waals surface area contributed by atoms with E-state index in [4.69, 9.17) is 4.55 Å². The molecule has 100 valence electrons. The molecule has 9 heteroatoms. The highest BCUT2D eigenvalue weighted by Crippen LogP contribution is 1.98. The summed E-state index contributed by atoms with van der Waals surface area (Å²) in [5.41, 5.74) is 0. The average molecular weight is 269 g/mol. The van der Waals surface area contributed by atoms with Crippen LogP contribution in [-0.2, 0) is 29.4 Å². The Morgan fingerprint density at radius 2 is 1.82 bits per heavy atom. The Balaban J connectivity index is 3.90. The van der Waals surface area contributed by atoms with Crippen molar-refractivity contribution in [2.24, 2.45) is 0 Å². The fourth-order valence-electron chi connectivity index (χ4n) is 0.927. The summed E-state index contributed by atoms with van der Waals surface area (Å²) in [6.45, 7) is 3.07. The Hall–Kier alpha value is -1.19. The van der Waals surface area contributed by atoms with E-state index >= 15 is 0 Å². The first-order valence-electron chi connectivity index (χ1n) is 4.84. The highest BCUT2D eigenvalue weighted by Gasteiger charge is 2.15. The van der Waals surface area contributed by atoms with Gasteiger partial charge in [0.15, 0.2) is 6.23 Å². The Morgan fingerprint density at radius 3 is 2.29 bits per heavy atom. The molecule has 0 amide bonds. The van der Waals surface area contributed by atoms with E-state index in [1.807, 2.05) is 0 Å². The highest BCUT2D eigenvalue weighted by molar-refractivity contribution is 7.83. The van der Waals surface area contributed by atoms with Crippen LogP contribution in [0.25, 0.3) is 0 Å². The third-order valence-electron chi connectivity index (χ3n) is 1.46. The zero-order valence-corrected chi connectivity index (χ0v) is 10.3. The maximum atomic E-state index is 11.1. The van der Waals surface area contributed by atoms with Gasteiger partial charge in [0.2, 0.25) is 0 Å². The van der Waals surface area contributed by atoms with E-state index in [-0.39, 0.29) is 19.4 Å². The summed E-state index contributed by atoms with van der Waals surface area (Å²) in [6, 6.07) is 0. The number of hydrogen-bond donors (Lipinski definition) is 2. The minimum Gasteiger partial charge on any atom is -0.466 e. The van der Waals surface area contributed by atoms with E-state index in [1.54, 1.807) is 11.6 Å². The molecule has 0 bridgehead atoms. The maximum absolute atomic E-state index is 11.1. The van der Waals surface area contributed by atoms with E-state index in [0.29, 0.717) is 0 Å². The number of carbonyl (C=O) groups excluding carboxylic acids is 2. The number of rotatable bonds is 7. The van der Waals surface area contributed by atoms with E-state index in [2.05, 4.69) is 9.47 Å². The van der Waals surface area contributed by atoms with Crippen LogP contribution >= 0.6 is 0 Å². The number of ether oxygens (including phenoxy) is 2. The lowest BCUT2D eigenvalue weighted by atomic mass is 10.3. The summed E-state index contributed by atoms with van der Waals surface area (Å²) in [4.78, 5) is 22.0. The van der Waals surface area contributed by atoms with Gasteiger partial charge in [0.05, 0.1) is 19.4 Å². The molecule has 1 unspecified atom stereocenters. The molecular weight excluding hydrogens is 254 g/mol. The summed E-state index contributed by atoms with van der Waals surface area (Å²) >= 11 is 0. The van der Waals surface area contributed by atoms with E-state index < -0.39 is 28.5 Å². The van der Waals surface area contributed by atoms with Crippen LogP contribution in [0.3, 0.4) is 0 Å². The predicted octanol–water partition coefficient (Wildman–Crippen LogP) is -0.389. The van der Waals surface area contributed by atoms with Gasteiger partial charge < -0.3 is 9.47 Å². The SMILES string of the molecule is CCOC(=O)CCC(=O)OC(C)NS(=O)(=O)O. The zero-order valence-electron chi connectivity index (χ0n) is 9.50. The number of esters is 2. The topological polar surface area (TPSA) is 119 Å². The molecule has 8 nitrogen and oxygen atoms in total. The first kappa shape index (κ1) is 15.8. The molecule has 0 aromatic rings. The normalized spacial score (nSPS) is 12.9. The van der Waals surface area contributed by atoms with Gasteiger partial charge in [0.1, 0.15) is 0 Å². The molecule has 0 aliphatic rings. The van der Waals surface area contributed by atoms with E-state index in [9.17, 15) is 18.0 Å².